The van der Waals surface area contributed by atoms with Crippen LogP contribution in [0.4, 0.5) is 14.9 Å². The summed E-state index contributed by atoms with van der Waals surface area (Å²) in [7, 11) is 1.32. The first kappa shape index (κ1) is 15.4. The highest BCUT2D eigenvalue weighted by Crippen LogP contribution is 2.22. The first-order chi connectivity index (χ1) is 8.93. The lowest BCUT2D eigenvalue weighted by Gasteiger charge is -2.14. The number of amides is 2. The van der Waals surface area contributed by atoms with E-state index in [-0.39, 0.29) is 12.3 Å². The van der Waals surface area contributed by atoms with Gasteiger partial charge in [0.2, 0.25) is 0 Å². The minimum atomic E-state index is -1.23. The van der Waals surface area contributed by atoms with Crippen LogP contribution in [0.1, 0.15) is 0 Å². The van der Waals surface area contributed by atoms with Crippen LogP contribution >= 0.6 is 15.9 Å². The molecule has 104 valence electrons. The highest BCUT2D eigenvalue weighted by atomic mass is 79.9. The second-order valence-electron chi connectivity index (χ2n) is 3.57. The van der Waals surface area contributed by atoms with E-state index in [2.05, 4.69) is 31.3 Å². The Kier molecular flexibility index (Phi) is 5.71. The van der Waals surface area contributed by atoms with Gasteiger partial charge in [0.1, 0.15) is 5.82 Å². The Morgan fingerprint density at radius 1 is 1.53 bits per heavy atom. The van der Waals surface area contributed by atoms with Gasteiger partial charge in [0, 0.05) is 11.6 Å². The lowest BCUT2D eigenvalue weighted by atomic mass is 10.3. The average Bonchev–Trinajstić information content (AvgIpc) is 2.33. The monoisotopic (exact) mass is 334 g/mol. The van der Waals surface area contributed by atoms with Crippen LogP contribution in [0, 0.1) is 5.82 Å². The molecule has 1 atom stereocenters. The molecule has 0 fully saturated rings. The maximum atomic E-state index is 13.0. The van der Waals surface area contributed by atoms with Crippen LogP contribution in [-0.2, 0) is 9.53 Å². The molecule has 2 amide bonds. The molecule has 0 aliphatic heterocycles. The quantitative estimate of drug-likeness (QED) is 0.766. The number of carbonyl (C=O) groups excluding carboxylic acids is 1. The highest BCUT2D eigenvalue weighted by molar-refractivity contribution is 9.10. The number of anilines is 1. The molecule has 0 aliphatic carbocycles. The predicted octanol–water partition coefficient (Wildman–Crippen LogP) is 1.81. The van der Waals surface area contributed by atoms with Crippen molar-refractivity contribution in [3.63, 3.8) is 0 Å². The Morgan fingerprint density at radius 2 is 2.21 bits per heavy atom. The van der Waals surface area contributed by atoms with Crippen molar-refractivity contribution in [3.05, 3.63) is 28.5 Å². The van der Waals surface area contributed by atoms with Gasteiger partial charge in [-0.15, -0.1) is 0 Å². The SMILES string of the molecule is COCC(NC(=O)Nc1cc(F)ccc1Br)C(=O)O. The van der Waals surface area contributed by atoms with Gasteiger partial charge in [0.15, 0.2) is 6.04 Å². The molecular weight excluding hydrogens is 323 g/mol. The fraction of sp³-hybridized carbons (Fsp3) is 0.273. The maximum Gasteiger partial charge on any atom is 0.328 e. The van der Waals surface area contributed by atoms with Crippen molar-refractivity contribution in [2.24, 2.45) is 0 Å². The molecule has 0 aromatic heterocycles. The normalized spacial score (nSPS) is 11.7. The van der Waals surface area contributed by atoms with Crippen LogP contribution in [-0.4, -0.2) is 36.9 Å². The minimum absolute atomic E-state index is 0.174. The van der Waals surface area contributed by atoms with Crippen molar-refractivity contribution in [2.45, 2.75) is 6.04 Å². The van der Waals surface area contributed by atoms with Crippen LogP contribution in [0.2, 0.25) is 0 Å². The average molecular weight is 335 g/mol. The predicted molar refractivity (Wildman–Crippen MR) is 69.6 cm³/mol. The zero-order valence-electron chi connectivity index (χ0n) is 9.94. The molecule has 0 aliphatic rings. The molecule has 19 heavy (non-hydrogen) atoms. The van der Waals surface area contributed by atoms with Crippen molar-refractivity contribution in [3.8, 4) is 0 Å². The summed E-state index contributed by atoms with van der Waals surface area (Å²) in [6.45, 7) is -0.174. The van der Waals surface area contributed by atoms with Crippen molar-refractivity contribution < 1.29 is 23.8 Å². The summed E-state index contributed by atoms with van der Waals surface area (Å²) in [5.41, 5.74) is 0.194. The van der Waals surface area contributed by atoms with Crippen LogP contribution in [0.25, 0.3) is 0 Å². The summed E-state index contributed by atoms with van der Waals surface area (Å²) in [4.78, 5) is 22.4. The molecule has 6 nitrogen and oxygen atoms in total. The Hall–Kier alpha value is -1.67. The summed E-state index contributed by atoms with van der Waals surface area (Å²) in [6, 6.07) is 1.80. The zero-order chi connectivity index (χ0) is 14.4. The van der Waals surface area contributed by atoms with E-state index >= 15 is 0 Å². The fourth-order valence-corrected chi connectivity index (χ4v) is 1.60. The molecule has 8 heteroatoms. The lowest BCUT2D eigenvalue weighted by Crippen LogP contribution is -2.45. The van der Waals surface area contributed by atoms with Crippen LogP contribution in [0.15, 0.2) is 22.7 Å². The summed E-state index contributed by atoms with van der Waals surface area (Å²) in [5.74, 6) is -1.75. The number of rotatable bonds is 5. The lowest BCUT2D eigenvalue weighted by molar-refractivity contribution is -0.140. The van der Waals surface area contributed by atoms with Gasteiger partial charge in [-0.2, -0.15) is 0 Å². The maximum absolute atomic E-state index is 13.0. The highest BCUT2D eigenvalue weighted by Gasteiger charge is 2.20. The number of ether oxygens (including phenoxy) is 1. The van der Waals surface area contributed by atoms with Gasteiger partial charge in [0.25, 0.3) is 0 Å². The van der Waals surface area contributed by atoms with Crippen molar-refractivity contribution >= 4 is 33.6 Å². The van der Waals surface area contributed by atoms with Crippen molar-refractivity contribution in [1.82, 2.24) is 5.32 Å². The molecule has 3 N–H and O–H groups in total. The number of nitrogens with one attached hydrogen (secondary N) is 2. The zero-order valence-corrected chi connectivity index (χ0v) is 11.5. The van der Waals surface area contributed by atoms with Gasteiger partial charge in [-0.1, -0.05) is 0 Å². The molecule has 0 bridgehead atoms. The van der Waals surface area contributed by atoms with Crippen LogP contribution in [0.3, 0.4) is 0 Å². The molecule has 0 saturated heterocycles. The van der Waals surface area contributed by atoms with E-state index < -0.39 is 23.9 Å². The van der Waals surface area contributed by atoms with Crippen molar-refractivity contribution in [1.29, 1.82) is 0 Å². The van der Waals surface area contributed by atoms with E-state index in [1.165, 1.54) is 19.2 Å². The standard InChI is InChI=1S/C11H12BrFN2O4/c1-19-5-9(10(16)17)15-11(18)14-8-4-6(13)2-3-7(8)12/h2-4,9H,5H2,1H3,(H,16,17)(H2,14,15,18). The molecule has 0 saturated carbocycles. The first-order valence-corrected chi connectivity index (χ1v) is 5.97. The Bertz CT molecular complexity index is 484. The summed E-state index contributed by atoms with van der Waals surface area (Å²) in [5, 5.41) is 13.4. The summed E-state index contributed by atoms with van der Waals surface area (Å²) in [6.07, 6.45) is 0. The Morgan fingerprint density at radius 3 is 2.79 bits per heavy atom. The third-order valence-corrected chi connectivity index (χ3v) is 2.80. The van der Waals surface area contributed by atoms with Gasteiger partial charge in [-0.3, -0.25) is 0 Å². The third kappa shape index (κ3) is 4.84. The van der Waals surface area contributed by atoms with E-state index in [0.29, 0.717) is 4.47 Å². The number of hydrogen-bond acceptors (Lipinski definition) is 3. The van der Waals surface area contributed by atoms with Crippen molar-refractivity contribution in [2.75, 3.05) is 19.0 Å². The summed E-state index contributed by atoms with van der Waals surface area (Å²) < 4.78 is 18.1. The largest absolute Gasteiger partial charge is 0.480 e. The number of methoxy groups -OCH3 is 1. The number of carboxylic acids is 1. The topological polar surface area (TPSA) is 87.7 Å². The molecule has 0 heterocycles. The number of carboxylic acid groups (broad SMARTS) is 1. The van der Waals surface area contributed by atoms with Gasteiger partial charge >= 0.3 is 12.0 Å². The van der Waals surface area contributed by atoms with E-state index in [1.807, 2.05) is 0 Å². The van der Waals surface area contributed by atoms with Crippen LogP contribution < -0.4 is 10.6 Å². The summed E-state index contributed by atoms with van der Waals surface area (Å²) >= 11 is 3.13. The second kappa shape index (κ2) is 7.05. The molecule has 0 radical (unpaired) electrons. The van der Waals surface area contributed by atoms with E-state index in [0.717, 1.165) is 6.07 Å². The van der Waals surface area contributed by atoms with Gasteiger partial charge in [-0.05, 0) is 34.1 Å². The van der Waals surface area contributed by atoms with E-state index in [1.54, 1.807) is 0 Å². The van der Waals surface area contributed by atoms with E-state index in [4.69, 9.17) is 5.11 Å². The number of aliphatic carboxylic acids is 1. The smallest absolute Gasteiger partial charge is 0.328 e. The Balaban J connectivity index is 2.68. The molecule has 1 aromatic carbocycles. The van der Waals surface area contributed by atoms with Gasteiger partial charge in [-0.25, -0.2) is 14.0 Å². The molecule has 1 rings (SSSR count). The molecule has 0 spiro atoms. The number of urea groups is 1. The number of halogens is 2. The van der Waals surface area contributed by atoms with Crippen LogP contribution in [0.5, 0.6) is 0 Å². The Labute approximate surface area is 117 Å². The number of hydrogen-bond donors (Lipinski definition) is 3. The molecule has 1 unspecified atom stereocenters. The second-order valence-corrected chi connectivity index (χ2v) is 4.42. The van der Waals surface area contributed by atoms with Gasteiger partial charge in [0.05, 0.1) is 12.3 Å². The first-order valence-electron chi connectivity index (χ1n) is 5.18. The van der Waals surface area contributed by atoms with Gasteiger partial charge < -0.3 is 20.5 Å². The number of carbonyl (C=O) groups is 2. The molecular formula is C11H12BrFN2O4. The third-order valence-electron chi connectivity index (χ3n) is 2.11. The van der Waals surface area contributed by atoms with E-state index in [9.17, 15) is 14.0 Å². The minimum Gasteiger partial charge on any atom is -0.480 e. The fourth-order valence-electron chi connectivity index (χ4n) is 1.25. The molecule has 1 aromatic rings. The number of benzene rings is 1.